The Morgan fingerprint density at radius 2 is 2.14 bits per heavy atom. The molecule has 22 heavy (non-hydrogen) atoms. The Morgan fingerprint density at radius 3 is 2.68 bits per heavy atom. The molecule has 0 unspecified atom stereocenters. The zero-order chi connectivity index (χ0) is 16.3. The highest BCUT2D eigenvalue weighted by Crippen LogP contribution is 2.14. The number of rotatable bonds is 5. The number of hydrogen-bond donors (Lipinski definition) is 2. The van der Waals surface area contributed by atoms with Gasteiger partial charge in [0.15, 0.2) is 0 Å². The molecule has 2 amide bonds. The van der Waals surface area contributed by atoms with Crippen molar-refractivity contribution in [1.82, 2.24) is 25.4 Å². The van der Waals surface area contributed by atoms with Crippen LogP contribution in [0.4, 0.5) is 4.79 Å². The van der Waals surface area contributed by atoms with Crippen LogP contribution in [-0.4, -0.2) is 26.8 Å². The average molecular weight is 321 g/mol. The average Bonchev–Trinajstić information content (AvgIpc) is 2.96. The number of aryl methyl sites for hydroxylation is 3. The van der Waals surface area contributed by atoms with E-state index in [4.69, 9.17) is 0 Å². The monoisotopic (exact) mass is 321 g/mol. The van der Waals surface area contributed by atoms with Crippen LogP contribution in [0.2, 0.25) is 0 Å². The fraction of sp³-hybridized carbons (Fsp3) is 0.533. The minimum absolute atomic E-state index is 0.0461. The molecule has 1 atom stereocenters. The minimum atomic E-state index is -0.155. The molecule has 2 aromatic heterocycles. The van der Waals surface area contributed by atoms with Gasteiger partial charge >= 0.3 is 6.03 Å². The molecule has 0 aliphatic heterocycles. The molecule has 0 aromatic carbocycles. The van der Waals surface area contributed by atoms with E-state index in [1.807, 2.05) is 39.4 Å². The SMILES string of the molecule is Cc1ncc(CNC(=O)N[C@@H](C)Cc2c(C)nn(C)c2C)s1. The number of hydrogen-bond acceptors (Lipinski definition) is 4. The zero-order valence-corrected chi connectivity index (χ0v) is 14.5. The number of aromatic nitrogens is 3. The molecule has 0 fully saturated rings. The van der Waals surface area contributed by atoms with Crippen molar-refractivity contribution in [3.63, 3.8) is 0 Å². The summed E-state index contributed by atoms with van der Waals surface area (Å²) >= 11 is 1.59. The first-order valence-electron chi connectivity index (χ1n) is 7.31. The highest BCUT2D eigenvalue weighted by molar-refractivity contribution is 7.11. The first-order chi connectivity index (χ1) is 10.4. The molecule has 2 aromatic rings. The number of urea groups is 1. The zero-order valence-electron chi connectivity index (χ0n) is 13.7. The van der Waals surface area contributed by atoms with E-state index in [9.17, 15) is 4.79 Å². The fourth-order valence-corrected chi connectivity index (χ4v) is 3.13. The summed E-state index contributed by atoms with van der Waals surface area (Å²) in [6, 6.07) is -0.109. The molecule has 2 heterocycles. The first-order valence-corrected chi connectivity index (χ1v) is 8.13. The summed E-state index contributed by atoms with van der Waals surface area (Å²) in [6.45, 7) is 8.52. The molecule has 0 saturated heterocycles. The van der Waals surface area contributed by atoms with Gasteiger partial charge in [-0.1, -0.05) is 0 Å². The van der Waals surface area contributed by atoms with Crippen molar-refractivity contribution in [2.24, 2.45) is 7.05 Å². The van der Waals surface area contributed by atoms with Crippen LogP contribution in [0.1, 0.15) is 33.8 Å². The largest absolute Gasteiger partial charge is 0.335 e. The number of thiazole rings is 1. The lowest BCUT2D eigenvalue weighted by molar-refractivity contribution is 0.237. The maximum absolute atomic E-state index is 11.9. The third-order valence-corrected chi connectivity index (χ3v) is 4.55. The highest BCUT2D eigenvalue weighted by Gasteiger charge is 2.14. The minimum Gasteiger partial charge on any atom is -0.335 e. The third-order valence-electron chi connectivity index (χ3n) is 3.64. The summed E-state index contributed by atoms with van der Waals surface area (Å²) < 4.78 is 1.88. The van der Waals surface area contributed by atoms with Gasteiger partial charge in [-0.15, -0.1) is 11.3 Å². The summed E-state index contributed by atoms with van der Waals surface area (Å²) in [6.07, 6.45) is 2.57. The predicted octanol–water partition coefficient (Wildman–Crippen LogP) is 2.23. The Hall–Kier alpha value is -1.89. The maximum atomic E-state index is 11.9. The molecule has 2 rings (SSSR count). The van der Waals surface area contributed by atoms with E-state index in [-0.39, 0.29) is 12.1 Å². The van der Waals surface area contributed by atoms with Gasteiger partial charge < -0.3 is 10.6 Å². The molecule has 0 aliphatic rings. The van der Waals surface area contributed by atoms with Gasteiger partial charge in [-0.3, -0.25) is 4.68 Å². The summed E-state index contributed by atoms with van der Waals surface area (Å²) in [5.41, 5.74) is 3.37. The number of nitrogens with one attached hydrogen (secondary N) is 2. The summed E-state index contributed by atoms with van der Waals surface area (Å²) in [5.74, 6) is 0. The van der Waals surface area contributed by atoms with Gasteiger partial charge in [0.05, 0.1) is 17.2 Å². The lowest BCUT2D eigenvalue weighted by Gasteiger charge is -2.14. The van der Waals surface area contributed by atoms with Crippen molar-refractivity contribution in [2.45, 2.75) is 46.7 Å². The van der Waals surface area contributed by atoms with Gasteiger partial charge in [-0.05, 0) is 39.7 Å². The van der Waals surface area contributed by atoms with Crippen LogP contribution < -0.4 is 10.6 Å². The van der Waals surface area contributed by atoms with Crippen molar-refractivity contribution in [3.8, 4) is 0 Å². The van der Waals surface area contributed by atoms with E-state index in [2.05, 4.69) is 20.7 Å². The Kier molecular flexibility index (Phi) is 5.18. The van der Waals surface area contributed by atoms with Crippen LogP contribution in [0, 0.1) is 20.8 Å². The standard InChI is InChI=1S/C15H23N5OS/c1-9(6-14-10(2)19-20(5)11(14)3)18-15(21)17-8-13-7-16-12(4)22-13/h7,9H,6,8H2,1-5H3,(H2,17,18,21)/t9-/m0/s1. The van der Waals surface area contributed by atoms with Gasteiger partial charge in [0, 0.05) is 29.9 Å². The normalized spacial score (nSPS) is 12.2. The Morgan fingerprint density at radius 1 is 1.41 bits per heavy atom. The lowest BCUT2D eigenvalue weighted by Crippen LogP contribution is -2.41. The second-order valence-electron chi connectivity index (χ2n) is 5.55. The molecule has 120 valence electrons. The molecule has 2 N–H and O–H groups in total. The Bertz CT molecular complexity index is 661. The topological polar surface area (TPSA) is 71.8 Å². The van der Waals surface area contributed by atoms with Gasteiger partial charge in [-0.2, -0.15) is 5.10 Å². The Labute approximate surface area is 135 Å². The number of carbonyl (C=O) groups is 1. The van der Waals surface area contributed by atoms with Crippen LogP contribution in [0.5, 0.6) is 0 Å². The highest BCUT2D eigenvalue weighted by atomic mass is 32.1. The summed E-state index contributed by atoms with van der Waals surface area (Å²) in [4.78, 5) is 17.2. The molecular formula is C15H23N5OS. The quantitative estimate of drug-likeness (QED) is 0.887. The molecule has 7 heteroatoms. The van der Waals surface area contributed by atoms with Crippen LogP contribution in [0.25, 0.3) is 0 Å². The van der Waals surface area contributed by atoms with E-state index < -0.39 is 0 Å². The van der Waals surface area contributed by atoms with E-state index in [0.717, 1.165) is 27.7 Å². The van der Waals surface area contributed by atoms with E-state index in [1.54, 1.807) is 17.5 Å². The van der Waals surface area contributed by atoms with Gasteiger partial charge in [0.2, 0.25) is 0 Å². The molecular weight excluding hydrogens is 298 g/mol. The van der Waals surface area contributed by atoms with Crippen LogP contribution in [-0.2, 0) is 20.0 Å². The first kappa shape index (κ1) is 16.5. The molecule has 0 aliphatic carbocycles. The van der Waals surface area contributed by atoms with Crippen molar-refractivity contribution in [2.75, 3.05) is 0 Å². The van der Waals surface area contributed by atoms with E-state index in [1.165, 1.54) is 5.56 Å². The van der Waals surface area contributed by atoms with Crippen molar-refractivity contribution in [1.29, 1.82) is 0 Å². The van der Waals surface area contributed by atoms with Crippen LogP contribution in [0.3, 0.4) is 0 Å². The lowest BCUT2D eigenvalue weighted by atomic mass is 10.1. The molecule has 6 nitrogen and oxygen atoms in total. The molecule has 0 radical (unpaired) electrons. The van der Waals surface area contributed by atoms with Crippen molar-refractivity contribution >= 4 is 17.4 Å². The number of nitrogens with zero attached hydrogens (tertiary/aromatic N) is 3. The fourth-order valence-electron chi connectivity index (χ4n) is 2.40. The van der Waals surface area contributed by atoms with Crippen LogP contribution in [0.15, 0.2) is 6.20 Å². The summed E-state index contributed by atoms with van der Waals surface area (Å²) in [7, 11) is 1.94. The third kappa shape index (κ3) is 4.07. The maximum Gasteiger partial charge on any atom is 0.315 e. The van der Waals surface area contributed by atoms with Gasteiger partial charge in [0.1, 0.15) is 0 Å². The predicted molar refractivity (Wildman–Crippen MR) is 88.1 cm³/mol. The van der Waals surface area contributed by atoms with E-state index in [0.29, 0.717) is 6.54 Å². The molecule has 0 bridgehead atoms. The van der Waals surface area contributed by atoms with Crippen LogP contribution >= 0.6 is 11.3 Å². The molecule has 0 spiro atoms. The Balaban J connectivity index is 1.83. The second-order valence-corrected chi connectivity index (χ2v) is 6.87. The molecule has 0 saturated carbocycles. The number of carbonyl (C=O) groups excluding carboxylic acids is 1. The van der Waals surface area contributed by atoms with Crippen molar-refractivity contribution < 1.29 is 4.79 Å². The number of amides is 2. The smallest absolute Gasteiger partial charge is 0.315 e. The van der Waals surface area contributed by atoms with E-state index >= 15 is 0 Å². The second kappa shape index (κ2) is 6.91. The van der Waals surface area contributed by atoms with Crippen molar-refractivity contribution in [3.05, 3.63) is 33.0 Å². The van der Waals surface area contributed by atoms with Gasteiger partial charge in [0.25, 0.3) is 0 Å². The summed E-state index contributed by atoms with van der Waals surface area (Å²) in [5, 5.41) is 11.2. The van der Waals surface area contributed by atoms with Gasteiger partial charge in [-0.25, -0.2) is 9.78 Å².